The Morgan fingerprint density at radius 2 is 1.86 bits per heavy atom. The van der Waals surface area contributed by atoms with E-state index in [-0.39, 0.29) is 5.56 Å². The number of halogens is 4. The lowest BCUT2D eigenvalue weighted by atomic mass is 10.2. The fourth-order valence-corrected chi connectivity index (χ4v) is 5.74. The molecule has 1 aromatic heterocycles. The lowest BCUT2D eigenvalue weighted by molar-refractivity contribution is 0.102. The number of Topliss-reactive ketones (excluding diaryl/α,β-unsaturated/α-hetero) is 1. The van der Waals surface area contributed by atoms with Gasteiger partial charge in [-0.05, 0) is 56.1 Å². The van der Waals surface area contributed by atoms with Crippen molar-refractivity contribution in [1.29, 1.82) is 0 Å². The molecule has 2 rings (SSSR count). The van der Waals surface area contributed by atoms with E-state index in [1.54, 1.807) is 0 Å². The maximum absolute atomic E-state index is 13.5. The summed E-state index contributed by atoms with van der Waals surface area (Å²) in [6.07, 6.45) is 0. The zero-order valence-electron chi connectivity index (χ0n) is 10.1. The van der Waals surface area contributed by atoms with Crippen LogP contribution < -0.4 is 0 Å². The molecule has 0 amide bonds. The lowest BCUT2D eigenvalue weighted by Gasteiger charge is -2.05. The standard InChI is InChI=1S/C12H6Br2F2O3S2/c13-11-4-7(12(14)20-11)9(17)5-21(18,19)10-3-6(15)1-2-8(10)16/h1-4H,5H2. The smallest absolute Gasteiger partial charge is 0.188 e. The number of ketones is 1. The quantitative estimate of drug-likeness (QED) is 0.643. The molecule has 0 atom stereocenters. The number of sulfone groups is 1. The van der Waals surface area contributed by atoms with Gasteiger partial charge in [0.1, 0.15) is 22.3 Å². The van der Waals surface area contributed by atoms with Gasteiger partial charge in [0, 0.05) is 5.56 Å². The second-order valence-corrected chi connectivity index (χ2v) is 9.70. The molecule has 9 heteroatoms. The van der Waals surface area contributed by atoms with Crippen molar-refractivity contribution in [3.63, 3.8) is 0 Å². The van der Waals surface area contributed by atoms with Gasteiger partial charge in [-0.25, -0.2) is 17.2 Å². The van der Waals surface area contributed by atoms with E-state index in [9.17, 15) is 22.0 Å². The average Bonchev–Trinajstić information content (AvgIpc) is 2.71. The first-order chi connectivity index (χ1) is 9.70. The molecule has 1 heterocycles. The molecular weight excluding hydrogens is 454 g/mol. The van der Waals surface area contributed by atoms with Crippen LogP contribution in [0.3, 0.4) is 0 Å². The van der Waals surface area contributed by atoms with Crippen molar-refractivity contribution >= 4 is 58.8 Å². The Labute approximate surface area is 140 Å². The molecule has 0 aliphatic rings. The summed E-state index contributed by atoms with van der Waals surface area (Å²) in [7, 11) is -4.26. The molecule has 0 spiro atoms. The van der Waals surface area contributed by atoms with Crippen molar-refractivity contribution in [3.8, 4) is 0 Å². The van der Waals surface area contributed by atoms with Crippen molar-refractivity contribution < 1.29 is 22.0 Å². The first kappa shape index (κ1) is 16.7. The largest absolute Gasteiger partial charge is 0.293 e. The molecule has 21 heavy (non-hydrogen) atoms. The molecule has 0 saturated heterocycles. The van der Waals surface area contributed by atoms with Gasteiger partial charge in [0.15, 0.2) is 15.6 Å². The van der Waals surface area contributed by atoms with Crippen LogP contribution in [0.25, 0.3) is 0 Å². The van der Waals surface area contributed by atoms with Gasteiger partial charge in [-0.3, -0.25) is 4.79 Å². The van der Waals surface area contributed by atoms with Crippen LogP contribution >= 0.6 is 43.2 Å². The zero-order valence-corrected chi connectivity index (χ0v) is 14.9. The summed E-state index contributed by atoms with van der Waals surface area (Å²) in [4.78, 5) is 11.2. The van der Waals surface area contributed by atoms with E-state index in [2.05, 4.69) is 31.9 Å². The molecule has 0 aliphatic heterocycles. The molecule has 1 aromatic carbocycles. The zero-order chi connectivity index (χ0) is 15.8. The predicted octanol–water partition coefficient (Wildman–Crippen LogP) is 4.21. The number of carbonyl (C=O) groups is 1. The van der Waals surface area contributed by atoms with E-state index in [0.29, 0.717) is 19.7 Å². The van der Waals surface area contributed by atoms with Crippen molar-refractivity contribution in [1.82, 2.24) is 0 Å². The van der Waals surface area contributed by atoms with E-state index in [4.69, 9.17) is 0 Å². The number of thiophene rings is 1. The van der Waals surface area contributed by atoms with E-state index < -0.39 is 37.9 Å². The second-order valence-electron chi connectivity index (χ2n) is 3.99. The van der Waals surface area contributed by atoms with Gasteiger partial charge in [0.05, 0.1) is 7.57 Å². The topological polar surface area (TPSA) is 51.2 Å². The minimum Gasteiger partial charge on any atom is -0.293 e. The van der Waals surface area contributed by atoms with Crippen LogP contribution in [0.15, 0.2) is 36.7 Å². The SMILES string of the molecule is O=C(CS(=O)(=O)c1cc(F)ccc1F)c1cc(Br)sc1Br. The van der Waals surface area contributed by atoms with Crippen LogP contribution in [0.4, 0.5) is 8.78 Å². The highest BCUT2D eigenvalue weighted by molar-refractivity contribution is 9.12. The van der Waals surface area contributed by atoms with E-state index in [0.717, 1.165) is 6.07 Å². The molecule has 0 fully saturated rings. The van der Waals surface area contributed by atoms with Crippen molar-refractivity contribution in [3.05, 3.63) is 49.0 Å². The minimum atomic E-state index is -4.26. The molecule has 112 valence electrons. The summed E-state index contributed by atoms with van der Waals surface area (Å²) < 4.78 is 51.8. The molecular formula is C12H6Br2F2O3S2. The van der Waals surface area contributed by atoms with Gasteiger partial charge in [-0.15, -0.1) is 11.3 Å². The summed E-state index contributed by atoms with van der Waals surface area (Å²) in [6, 6.07) is 3.55. The van der Waals surface area contributed by atoms with Crippen LogP contribution in [-0.4, -0.2) is 20.0 Å². The number of benzene rings is 1. The molecule has 0 bridgehead atoms. The van der Waals surface area contributed by atoms with E-state index in [1.165, 1.54) is 17.4 Å². The fraction of sp³-hybridized carbons (Fsp3) is 0.0833. The maximum atomic E-state index is 13.5. The third-order valence-electron chi connectivity index (χ3n) is 2.51. The van der Waals surface area contributed by atoms with Crippen LogP contribution in [0.2, 0.25) is 0 Å². The highest BCUT2D eigenvalue weighted by atomic mass is 79.9. The lowest BCUT2D eigenvalue weighted by Crippen LogP contribution is -2.17. The van der Waals surface area contributed by atoms with E-state index >= 15 is 0 Å². The summed E-state index contributed by atoms with van der Waals surface area (Å²) in [5, 5.41) is 0. The van der Waals surface area contributed by atoms with Crippen molar-refractivity contribution in [2.24, 2.45) is 0 Å². The number of hydrogen-bond acceptors (Lipinski definition) is 4. The summed E-state index contributed by atoms with van der Waals surface area (Å²) >= 11 is 7.53. The molecule has 0 unspecified atom stereocenters. The number of hydrogen-bond donors (Lipinski definition) is 0. The van der Waals surface area contributed by atoms with Gasteiger partial charge < -0.3 is 0 Å². The van der Waals surface area contributed by atoms with E-state index in [1.807, 2.05) is 0 Å². The van der Waals surface area contributed by atoms with Gasteiger partial charge in [-0.2, -0.15) is 0 Å². The summed E-state index contributed by atoms with van der Waals surface area (Å²) in [6.45, 7) is 0. The Morgan fingerprint density at radius 1 is 1.19 bits per heavy atom. The predicted molar refractivity (Wildman–Crippen MR) is 82.5 cm³/mol. The third kappa shape index (κ3) is 3.77. The molecule has 0 saturated carbocycles. The Kier molecular flexibility index (Phi) is 4.96. The van der Waals surface area contributed by atoms with Gasteiger partial charge >= 0.3 is 0 Å². The molecule has 0 N–H and O–H groups in total. The number of rotatable bonds is 4. The molecule has 2 aromatic rings. The monoisotopic (exact) mass is 458 g/mol. The van der Waals surface area contributed by atoms with Crippen LogP contribution in [-0.2, 0) is 9.84 Å². The summed E-state index contributed by atoms with van der Waals surface area (Å²) in [5.74, 6) is -3.61. The second kappa shape index (κ2) is 6.23. The third-order valence-corrected chi connectivity index (χ3v) is 6.47. The first-order valence-corrected chi connectivity index (χ1v) is 9.42. The summed E-state index contributed by atoms with van der Waals surface area (Å²) in [5.41, 5.74) is 0.173. The van der Waals surface area contributed by atoms with Crippen LogP contribution in [0, 0.1) is 11.6 Å². The van der Waals surface area contributed by atoms with Crippen molar-refractivity contribution in [2.75, 3.05) is 5.75 Å². The molecule has 0 radical (unpaired) electrons. The van der Waals surface area contributed by atoms with Crippen LogP contribution in [0.5, 0.6) is 0 Å². The average molecular weight is 460 g/mol. The van der Waals surface area contributed by atoms with Gasteiger partial charge in [0.2, 0.25) is 0 Å². The Balaban J connectivity index is 2.35. The molecule has 0 aliphatic carbocycles. The first-order valence-electron chi connectivity index (χ1n) is 5.36. The van der Waals surface area contributed by atoms with Crippen LogP contribution in [0.1, 0.15) is 10.4 Å². The van der Waals surface area contributed by atoms with Gasteiger partial charge in [-0.1, -0.05) is 0 Å². The van der Waals surface area contributed by atoms with Gasteiger partial charge in [0.25, 0.3) is 0 Å². The Bertz CT molecular complexity index is 816. The fourth-order valence-electron chi connectivity index (χ4n) is 1.57. The maximum Gasteiger partial charge on any atom is 0.188 e. The Hall–Kier alpha value is -0.640. The highest BCUT2D eigenvalue weighted by Gasteiger charge is 2.26. The highest BCUT2D eigenvalue weighted by Crippen LogP contribution is 2.32. The Morgan fingerprint density at radius 3 is 2.43 bits per heavy atom. The number of carbonyl (C=O) groups excluding carboxylic acids is 1. The van der Waals surface area contributed by atoms with Crippen molar-refractivity contribution in [2.45, 2.75) is 4.90 Å². The minimum absolute atomic E-state index is 0.173. The molecule has 3 nitrogen and oxygen atoms in total. The normalized spacial score (nSPS) is 11.6.